The van der Waals surface area contributed by atoms with Crippen LogP contribution in [0.15, 0.2) is 24.5 Å². The summed E-state index contributed by atoms with van der Waals surface area (Å²) in [4.78, 5) is 25.8. The number of nitrogens with zero attached hydrogens (tertiary/aromatic N) is 2. The summed E-state index contributed by atoms with van der Waals surface area (Å²) in [6.45, 7) is 10.2. The maximum Gasteiger partial charge on any atom is 0.254 e. The molecule has 0 saturated carbocycles. The Hall–Kier alpha value is -2.15. The molecule has 1 unspecified atom stereocenters. The van der Waals surface area contributed by atoms with Gasteiger partial charge in [0.05, 0.1) is 5.56 Å². The molecular weight excluding hydrogens is 336 g/mol. The van der Waals surface area contributed by atoms with E-state index >= 15 is 0 Å². The van der Waals surface area contributed by atoms with E-state index < -0.39 is 5.41 Å². The summed E-state index contributed by atoms with van der Waals surface area (Å²) in [6, 6.07) is 3.70. The molecule has 0 spiro atoms. The number of rotatable bonds is 6. The Morgan fingerprint density at radius 3 is 2.68 bits per heavy atom. The van der Waals surface area contributed by atoms with Crippen LogP contribution in [0.1, 0.15) is 49.4 Å². The molecule has 2 rings (SSSR count). The Morgan fingerprint density at radius 1 is 1.36 bits per heavy atom. The predicted molar refractivity (Wildman–Crippen MR) is 101 cm³/mol. The molecule has 0 radical (unpaired) electrons. The van der Waals surface area contributed by atoms with Crippen molar-refractivity contribution in [3.8, 4) is 0 Å². The quantitative estimate of drug-likeness (QED) is 0.826. The van der Waals surface area contributed by atoms with Gasteiger partial charge in [0.25, 0.3) is 5.91 Å². The second kappa shape index (κ2) is 7.82. The van der Waals surface area contributed by atoms with Crippen LogP contribution < -0.4 is 10.6 Å². The van der Waals surface area contributed by atoms with Crippen molar-refractivity contribution >= 4 is 28.2 Å². The van der Waals surface area contributed by atoms with E-state index in [2.05, 4.69) is 15.7 Å². The molecule has 2 aromatic heterocycles. The van der Waals surface area contributed by atoms with Gasteiger partial charge in [-0.1, -0.05) is 20.8 Å². The van der Waals surface area contributed by atoms with Crippen molar-refractivity contribution in [2.45, 2.75) is 53.6 Å². The van der Waals surface area contributed by atoms with Crippen LogP contribution in [0.5, 0.6) is 0 Å². The molecule has 0 bridgehead atoms. The molecule has 0 fully saturated rings. The van der Waals surface area contributed by atoms with E-state index in [4.69, 9.17) is 0 Å². The molecule has 0 saturated heterocycles. The number of amides is 2. The highest BCUT2D eigenvalue weighted by molar-refractivity contribution is 7.16. The van der Waals surface area contributed by atoms with E-state index in [1.54, 1.807) is 6.20 Å². The van der Waals surface area contributed by atoms with Crippen molar-refractivity contribution in [2.24, 2.45) is 5.41 Å². The lowest BCUT2D eigenvalue weighted by molar-refractivity contribution is -0.123. The van der Waals surface area contributed by atoms with Crippen LogP contribution in [-0.2, 0) is 11.3 Å². The summed E-state index contributed by atoms with van der Waals surface area (Å²) in [5.41, 5.74) is 0.00827. The molecule has 2 heterocycles. The van der Waals surface area contributed by atoms with Crippen LogP contribution in [0, 0.1) is 12.3 Å². The van der Waals surface area contributed by atoms with Crippen LogP contribution in [0.3, 0.4) is 0 Å². The summed E-state index contributed by atoms with van der Waals surface area (Å²) >= 11 is 1.42. The number of carbonyl (C=O) groups is 2. The van der Waals surface area contributed by atoms with Crippen molar-refractivity contribution in [1.29, 1.82) is 0 Å². The van der Waals surface area contributed by atoms with Crippen molar-refractivity contribution < 1.29 is 9.59 Å². The molecule has 7 heteroatoms. The lowest BCUT2D eigenvalue weighted by atomic mass is 9.96. The summed E-state index contributed by atoms with van der Waals surface area (Å²) < 4.78 is 1.84. The predicted octanol–water partition coefficient (Wildman–Crippen LogP) is 3.45. The molecule has 2 amide bonds. The van der Waals surface area contributed by atoms with Gasteiger partial charge in [-0.3, -0.25) is 14.3 Å². The van der Waals surface area contributed by atoms with Crippen molar-refractivity contribution in [2.75, 3.05) is 5.32 Å². The lowest BCUT2D eigenvalue weighted by Crippen LogP contribution is -2.34. The van der Waals surface area contributed by atoms with Gasteiger partial charge in [-0.15, -0.1) is 11.3 Å². The fourth-order valence-electron chi connectivity index (χ4n) is 2.20. The van der Waals surface area contributed by atoms with E-state index in [9.17, 15) is 9.59 Å². The van der Waals surface area contributed by atoms with Crippen LogP contribution in [0.2, 0.25) is 0 Å². The number of aromatic nitrogens is 2. The van der Waals surface area contributed by atoms with Gasteiger partial charge in [0.2, 0.25) is 5.91 Å². The summed E-state index contributed by atoms with van der Waals surface area (Å²) in [7, 11) is 0. The van der Waals surface area contributed by atoms with Crippen molar-refractivity contribution in [3.05, 3.63) is 35.0 Å². The normalized spacial score (nSPS) is 12.7. The maximum absolute atomic E-state index is 12.6. The summed E-state index contributed by atoms with van der Waals surface area (Å²) in [5.74, 6) is -0.267. The standard InChI is InChI=1S/C18H26N4O2S/c1-12(7-10-22-9-6-8-19-22)20-15(23)14-11-13(2)25-16(14)21-17(24)18(3,4)5/h6,8-9,11-12H,7,10H2,1-5H3,(H,20,23)(H,21,24). The zero-order chi connectivity index (χ0) is 18.6. The Kier molecular flexibility index (Phi) is 6.00. The number of anilines is 1. The Bertz CT molecular complexity index is 729. The first-order chi connectivity index (χ1) is 11.7. The maximum atomic E-state index is 12.6. The first-order valence-corrected chi connectivity index (χ1v) is 9.18. The number of aryl methyl sites for hydroxylation is 2. The number of thiophene rings is 1. The SMILES string of the molecule is Cc1cc(C(=O)NC(C)CCn2cccn2)c(NC(=O)C(C)(C)C)s1. The van der Waals surface area contributed by atoms with Crippen molar-refractivity contribution in [1.82, 2.24) is 15.1 Å². The summed E-state index contributed by atoms with van der Waals surface area (Å²) in [6.07, 6.45) is 4.42. The minimum Gasteiger partial charge on any atom is -0.349 e. The van der Waals surface area contributed by atoms with Gasteiger partial charge in [0, 0.05) is 35.3 Å². The van der Waals surface area contributed by atoms with Crippen LogP contribution in [-0.4, -0.2) is 27.6 Å². The van der Waals surface area contributed by atoms with Gasteiger partial charge in [0.15, 0.2) is 0 Å². The van der Waals surface area contributed by atoms with Gasteiger partial charge >= 0.3 is 0 Å². The minimum atomic E-state index is -0.511. The van der Waals surface area contributed by atoms with E-state index in [0.717, 1.165) is 17.8 Å². The number of nitrogens with one attached hydrogen (secondary N) is 2. The van der Waals surface area contributed by atoms with Crippen LogP contribution >= 0.6 is 11.3 Å². The molecule has 0 aromatic carbocycles. The molecule has 0 aliphatic carbocycles. The fourth-order valence-corrected chi connectivity index (χ4v) is 3.10. The third kappa shape index (κ3) is 5.42. The molecular formula is C18H26N4O2S. The van der Waals surface area contributed by atoms with Crippen molar-refractivity contribution in [3.63, 3.8) is 0 Å². The molecule has 6 nitrogen and oxygen atoms in total. The lowest BCUT2D eigenvalue weighted by Gasteiger charge is -2.18. The van der Waals surface area contributed by atoms with Crippen LogP contribution in [0.25, 0.3) is 0 Å². The second-order valence-electron chi connectivity index (χ2n) is 7.24. The van der Waals surface area contributed by atoms with E-state index in [1.165, 1.54) is 11.3 Å². The molecule has 2 N–H and O–H groups in total. The molecule has 1 atom stereocenters. The Labute approximate surface area is 152 Å². The fraction of sp³-hybridized carbons (Fsp3) is 0.500. The first kappa shape index (κ1) is 19.2. The molecule has 25 heavy (non-hydrogen) atoms. The Morgan fingerprint density at radius 2 is 2.08 bits per heavy atom. The topological polar surface area (TPSA) is 76.0 Å². The van der Waals surface area contributed by atoms with E-state index in [1.807, 2.05) is 57.6 Å². The third-order valence-electron chi connectivity index (χ3n) is 3.74. The Balaban J connectivity index is 2.00. The van der Waals surface area contributed by atoms with Gasteiger partial charge in [-0.2, -0.15) is 5.10 Å². The first-order valence-electron chi connectivity index (χ1n) is 8.37. The summed E-state index contributed by atoms with van der Waals surface area (Å²) in [5, 5.41) is 10.6. The smallest absolute Gasteiger partial charge is 0.254 e. The third-order valence-corrected chi connectivity index (χ3v) is 4.70. The number of hydrogen-bond donors (Lipinski definition) is 2. The highest BCUT2D eigenvalue weighted by atomic mass is 32.1. The molecule has 2 aromatic rings. The molecule has 0 aliphatic rings. The van der Waals surface area contributed by atoms with Gasteiger partial charge in [0.1, 0.15) is 5.00 Å². The largest absolute Gasteiger partial charge is 0.349 e. The number of carbonyl (C=O) groups excluding carboxylic acids is 2. The van der Waals surface area contributed by atoms with Gasteiger partial charge in [-0.25, -0.2) is 0 Å². The van der Waals surface area contributed by atoms with Crippen LogP contribution in [0.4, 0.5) is 5.00 Å². The average Bonchev–Trinajstić information content (AvgIpc) is 3.13. The zero-order valence-electron chi connectivity index (χ0n) is 15.4. The van der Waals surface area contributed by atoms with Gasteiger partial charge in [-0.05, 0) is 32.4 Å². The van der Waals surface area contributed by atoms with E-state index in [-0.39, 0.29) is 17.9 Å². The average molecular weight is 362 g/mol. The second-order valence-corrected chi connectivity index (χ2v) is 8.49. The van der Waals surface area contributed by atoms with E-state index in [0.29, 0.717) is 10.6 Å². The zero-order valence-corrected chi connectivity index (χ0v) is 16.2. The monoisotopic (exact) mass is 362 g/mol. The number of hydrogen-bond acceptors (Lipinski definition) is 4. The molecule has 136 valence electrons. The van der Waals surface area contributed by atoms with Gasteiger partial charge < -0.3 is 10.6 Å². The molecule has 0 aliphatic heterocycles. The highest BCUT2D eigenvalue weighted by Crippen LogP contribution is 2.29. The highest BCUT2D eigenvalue weighted by Gasteiger charge is 2.24. The minimum absolute atomic E-state index is 0.00285.